The van der Waals surface area contributed by atoms with Gasteiger partial charge in [0.25, 0.3) is 0 Å². The Balaban J connectivity index is 1.78. The molecule has 152 valence electrons. The van der Waals surface area contributed by atoms with Gasteiger partial charge >= 0.3 is 6.18 Å². The fourth-order valence-corrected chi connectivity index (χ4v) is 4.10. The van der Waals surface area contributed by atoms with Gasteiger partial charge < -0.3 is 9.47 Å². The van der Waals surface area contributed by atoms with Gasteiger partial charge in [0.2, 0.25) is 0 Å². The Labute approximate surface area is 158 Å². The summed E-state index contributed by atoms with van der Waals surface area (Å²) in [7, 11) is 0. The minimum Gasteiger partial charge on any atom is -0.490 e. The summed E-state index contributed by atoms with van der Waals surface area (Å²) < 4.78 is 66.6. The van der Waals surface area contributed by atoms with E-state index in [0.717, 1.165) is 38.5 Å². The van der Waals surface area contributed by atoms with Crippen LogP contribution in [0.5, 0.6) is 5.75 Å². The zero-order valence-corrected chi connectivity index (χ0v) is 15.9. The van der Waals surface area contributed by atoms with Gasteiger partial charge in [-0.05, 0) is 55.1 Å². The van der Waals surface area contributed by atoms with E-state index in [9.17, 15) is 17.6 Å². The van der Waals surface area contributed by atoms with Gasteiger partial charge in [-0.2, -0.15) is 13.2 Å². The maximum Gasteiger partial charge on any atom is 0.422 e. The van der Waals surface area contributed by atoms with Crippen LogP contribution in [0.25, 0.3) is 0 Å². The molecule has 2 aliphatic rings. The second kappa shape index (κ2) is 8.38. The number of hydrogen-bond donors (Lipinski definition) is 0. The fraction of sp³-hybridized carbons (Fsp3) is 0.714. The highest BCUT2D eigenvalue weighted by atomic mass is 19.4. The first-order valence-electron chi connectivity index (χ1n) is 9.89. The van der Waals surface area contributed by atoms with Crippen molar-refractivity contribution in [3.63, 3.8) is 0 Å². The average Bonchev–Trinajstić information content (AvgIpc) is 2.61. The lowest BCUT2D eigenvalue weighted by atomic mass is 9.79. The van der Waals surface area contributed by atoms with Gasteiger partial charge in [-0.3, -0.25) is 0 Å². The number of rotatable bonds is 4. The smallest absolute Gasteiger partial charge is 0.422 e. The Kier molecular flexibility index (Phi) is 6.34. The molecule has 2 atom stereocenters. The van der Waals surface area contributed by atoms with Crippen LogP contribution in [-0.2, 0) is 10.9 Å². The van der Waals surface area contributed by atoms with Crippen LogP contribution in [0, 0.1) is 17.7 Å². The molecule has 2 fully saturated rings. The van der Waals surface area contributed by atoms with Crippen molar-refractivity contribution < 1.29 is 27.0 Å². The molecular formula is C21H28F4O2. The Hall–Kier alpha value is -1.30. The second-order valence-corrected chi connectivity index (χ2v) is 8.25. The highest BCUT2D eigenvalue weighted by Crippen LogP contribution is 2.44. The third kappa shape index (κ3) is 4.95. The number of halogens is 4. The molecule has 1 heterocycles. The molecule has 27 heavy (non-hydrogen) atoms. The van der Waals surface area contributed by atoms with Crippen LogP contribution in [0.4, 0.5) is 17.6 Å². The quantitative estimate of drug-likeness (QED) is 0.561. The van der Waals surface area contributed by atoms with E-state index >= 15 is 0 Å². The average molecular weight is 388 g/mol. The second-order valence-electron chi connectivity index (χ2n) is 8.25. The van der Waals surface area contributed by atoms with E-state index in [0.29, 0.717) is 18.4 Å². The first kappa shape index (κ1) is 20.4. The van der Waals surface area contributed by atoms with E-state index in [1.54, 1.807) is 0 Å². The minimum absolute atomic E-state index is 0.00945. The Bertz CT molecular complexity index is 628. The molecule has 2 nitrogen and oxygen atoms in total. The molecule has 1 aliphatic heterocycles. The Morgan fingerprint density at radius 3 is 2.26 bits per heavy atom. The lowest BCUT2D eigenvalue weighted by Gasteiger charge is -2.29. The van der Waals surface area contributed by atoms with Crippen molar-refractivity contribution in [2.24, 2.45) is 11.8 Å². The van der Waals surface area contributed by atoms with Crippen LogP contribution < -0.4 is 4.74 Å². The summed E-state index contributed by atoms with van der Waals surface area (Å²) in [4.78, 5) is 0. The fourth-order valence-electron chi connectivity index (χ4n) is 4.10. The van der Waals surface area contributed by atoms with Crippen molar-refractivity contribution in [3.8, 4) is 5.75 Å². The van der Waals surface area contributed by atoms with Gasteiger partial charge in [-0.15, -0.1) is 0 Å². The predicted octanol–water partition coefficient (Wildman–Crippen LogP) is 6.33. The molecule has 0 N–H and O–H groups in total. The van der Waals surface area contributed by atoms with Crippen molar-refractivity contribution in [3.05, 3.63) is 29.1 Å². The van der Waals surface area contributed by atoms with Crippen molar-refractivity contribution >= 4 is 0 Å². The van der Waals surface area contributed by atoms with Gasteiger partial charge in [-0.1, -0.05) is 32.8 Å². The van der Waals surface area contributed by atoms with Crippen molar-refractivity contribution in [1.29, 1.82) is 0 Å². The van der Waals surface area contributed by atoms with Crippen LogP contribution in [0.15, 0.2) is 12.1 Å². The van der Waals surface area contributed by atoms with Gasteiger partial charge in [0, 0.05) is 6.61 Å². The largest absolute Gasteiger partial charge is 0.490 e. The first-order chi connectivity index (χ1) is 12.8. The topological polar surface area (TPSA) is 18.5 Å². The molecular weight excluding hydrogens is 360 g/mol. The van der Waals surface area contributed by atoms with Gasteiger partial charge in [0.15, 0.2) is 0 Å². The van der Waals surface area contributed by atoms with E-state index in [1.807, 2.05) is 0 Å². The lowest BCUT2D eigenvalue weighted by Crippen LogP contribution is -2.30. The maximum atomic E-state index is 14.9. The molecule has 0 aromatic heterocycles. The summed E-state index contributed by atoms with van der Waals surface area (Å²) in [5.74, 6) is -0.762. The highest BCUT2D eigenvalue weighted by molar-refractivity contribution is 5.42. The van der Waals surface area contributed by atoms with Crippen LogP contribution in [0.2, 0.25) is 0 Å². The summed E-state index contributed by atoms with van der Waals surface area (Å²) >= 11 is 0. The van der Waals surface area contributed by atoms with Gasteiger partial charge in [-0.25, -0.2) is 4.39 Å². The van der Waals surface area contributed by atoms with Crippen LogP contribution >= 0.6 is 0 Å². The molecule has 0 bridgehead atoms. The summed E-state index contributed by atoms with van der Waals surface area (Å²) in [6.07, 6.45) is -0.0591. The van der Waals surface area contributed by atoms with Crippen molar-refractivity contribution in [2.45, 2.75) is 70.6 Å². The maximum absolute atomic E-state index is 14.9. The number of hydrogen-bond acceptors (Lipinski definition) is 2. The molecule has 1 aromatic rings. The highest BCUT2D eigenvalue weighted by Gasteiger charge is 2.40. The van der Waals surface area contributed by atoms with E-state index < -0.39 is 23.3 Å². The third-order valence-electron chi connectivity index (χ3n) is 5.90. The molecule has 6 heteroatoms. The van der Waals surface area contributed by atoms with Gasteiger partial charge in [0.1, 0.15) is 23.7 Å². The van der Waals surface area contributed by atoms with E-state index in [-0.39, 0.29) is 24.2 Å². The van der Waals surface area contributed by atoms with E-state index in [1.165, 1.54) is 12.1 Å². The van der Waals surface area contributed by atoms with Crippen molar-refractivity contribution in [2.75, 3.05) is 13.2 Å². The summed E-state index contributed by atoms with van der Waals surface area (Å²) in [5.41, 5.74) is -1.10. The molecule has 1 saturated heterocycles. The molecule has 0 amide bonds. The Morgan fingerprint density at radius 1 is 1.00 bits per heavy atom. The SMILES string of the molecule is CC1CCC(c2ccc(OCC3CCC(C)CO3)c(C(F)(F)F)c2F)CC1. The summed E-state index contributed by atoms with van der Waals surface area (Å²) in [6, 6.07) is 2.76. The molecule has 1 aliphatic carbocycles. The molecule has 2 unspecified atom stereocenters. The molecule has 3 rings (SSSR count). The molecule has 0 radical (unpaired) electrons. The monoisotopic (exact) mass is 388 g/mol. The van der Waals surface area contributed by atoms with Crippen molar-refractivity contribution in [1.82, 2.24) is 0 Å². The first-order valence-corrected chi connectivity index (χ1v) is 9.89. The van der Waals surface area contributed by atoms with Crippen LogP contribution in [-0.4, -0.2) is 19.3 Å². The summed E-state index contributed by atoms with van der Waals surface area (Å²) in [6.45, 7) is 4.78. The minimum atomic E-state index is -4.79. The summed E-state index contributed by atoms with van der Waals surface area (Å²) in [5, 5.41) is 0. The standard InChI is InChI=1S/C21H28F4O2/c1-13-3-6-15(7-4-13)17-9-10-18(19(20(17)22)21(23,24)25)27-12-16-8-5-14(2)11-26-16/h9-10,13-16H,3-8,11-12H2,1-2H3. The van der Waals surface area contributed by atoms with Crippen LogP contribution in [0.3, 0.4) is 0 Å². The zero-order chi connectivity index (χ0) is 19.6. The Morgan fingerprint density at radius 2 is 1.67 bits per heavy atom. The zero-order valence-electron chi connectivity index (χ0n) is 15.9. The van der Waals surface area contributed by atoms with E-state index in [2.05, 4.69) is 13.8 Å². The number of alkyl halides is 3. The van der Waals surface area contributed by atoms with Gasteiger partial charge in [0.05, 0.1) is 6.10 Å². The predicted molar refractivity (Wildman–Crippen MR) is 95.4 cm³/mol. The molecule has 1 saturated carbocycles. The van der Waals surface area contributed by atoms with E-state index in [4.69, 9.17) is 9.47 Å². The number of benzene rings is 1. The normalized spacial score (nSPS) is 29.6. The lowest BCUT2D eigenvalue weighted by molar-refractivity contribution is -0.142. The van der Waals surface area contributed by atoms with Crippen LogP contribution in [0.1, 0.15) is 69.4 Å². The third-order valence-corrected chi connectivity index (χ3v) is 5.90. The molecule has 0 spiro atoms. The molecule has 1 aromatic carbocycles. The number of ether oxygens (including phenoxy) is 2.